The molecule has 5 heteroatoms. The van der Waals surface area contributed by atoms with Crippen LogP contribution in [0.1, 0.15) is 16.7 Å². The van der Waals surface area contributed by atoms with Crippen molar-refractivity contribution in [2.45, 2.75) is 20.1 Å². The minimum Gasteiger partial charge on any atom is -0.486 e. The molecular formula is C25H20Cl3NO. The highest BCUT2D eigenvalue weighted by molar-refractivity contribution is 6.37. The SMILES string of the molecule is Cc1c(Cl)cccc1NCc1cc(Cl)c(OCc2cccc3ccccc23)c(Cl)c1. The molecule has 0 amide bonds. The highest BCUT2D eigenvalue weighted by Crippen LogP contribution is 2.35. The molecule has 0 radical (unpaired) electrons. The summed E-state index contributed by atoms with van der Waals surface area (Å²) in [7, 11) is 0. The van der Waals surface area contributed by atoms with Gasteiger partial charge in [-0.05, 0) is 58.7 Å². The second-order valence-corrected chi connectivity index (χ2v) is 8.30. The molecule has 0 spiro atoms. The maximum Gasteiger partial charge on any atom is 0.156 e. The van der Waals surface area contributed by atoms with Gasteiger partial charge >= 0.3 is 0 Å². The molecular weight excluding hydrogens is 437 g/mol. The first-order valence-corrected chi connectivity index (χ1v) is 10.7. The number of nitrogens with one attached hydrogen (secondary N) is 1. The Morgan fingerprint density at radius 2 is 1.50 bits per heavy atom. The first-order valence-electron chi connectivity index (χ1n) is 9.59. The summed E-state index contributed by atoms with van der Waals surface area (Å²) in [6.45, 7) is 2.94. The Morgan fingerprint density at radius 1 is 0.800 bits per heavy atom. The standard InChI is InChI=1S/C25H20Cl3NO/c1-16-21(26)10-5-11-24(16)29-14-17-12-22(27)25(23(28)13-17)30-15-19-8-4-7-18-6-2-3-9-20(18)19/h2-13,29H,14-15H2,1H3. The van der Waals surface area contributed by atoms with Gasteiger partial charge < -0.3 is 10.1 Å². The lowest BCUT2D eigenvalue weighted by Gasteiger charge is -2.15. The zero-order valence-electron chi connectivity index (χ0n) is 16.4. The number of halogens is 3. The van der Waals surface area contributed by atoms with Crippen LogP contribution in [0.5, 0.6) is 5.75 Å². The number of benzene rings is 4. The van der Waals surface area contributed by atoms with E-state index in [-0.39, 0.29) is 0 Å². The molecule has 4 aromatic rings. The maximum absolute atomic E-state index is 6.50. The van der Waals surface area contributed by atoms with Gasteiger partial charge in [0.2, 0.25) is 0 Å². The van der Waals surface area contributed by atoms with Gasteiger partial charge in [-0.25, -0.2) is 0 Å². The van der Waals surface area contributed by atoms with Gasteiger partial charge in [-0.2, -0.15) is 0 Å². The van der Waals surface area contributed by atoms with Crippen molar-refractivity contribution in [2.75, 3.05) is 5.32 Å². The summed E-state index contributed by atoms with van der Waals surface area (Å²) in [6.07, 6.45) is 0. The number of hydrogen-bond acceptors (Lipinski definition) is 2. The number of anilines is 1. The van der Waals surface area contributed by atoms with E-state index in [4.69, 9.17) is 39.5 Å². The number of fused-ring (bicyclic) bond motifs is 1. The second-order valence-electron chi connectivity index (χ2n) is 7.08. The van der Waals surface area contributed by atoms with Crippen molar-refractivity contribution >= 4 is 51.3 Å². The Hall–Kier alpha value is -2.39. The van der Waals surface area contributed by atoms with Crippen LogP contribution in [0, 0.1) is 6.92 Å². The predicted molar refractivity (Wildman–Crippen MR) is 128 cm³/mol. The van der Waals surface area contributed by atoms with Crippen LogP contribution in [0.15, 0.2) is 72.8 Å². The van der Waals surface area contributed by atoms with Crippen molar-refractivity contribution in [2.24, 2.45) is 0 Å². The highest BCUT2D eigenvalue weighted by Gasteiger charge is 2.12. The minimum atomic E-state index is 0.389. The number of hydrogen-bond donors (Lipinski definition) is 1. The maximum atomic E-state index is 6.50. The van der Waals surface area contributed by atoms with Crippen molar-refractivity contribution < 1.29 is 4.74 Å². The molecule has 0 aliphatic heterocycles. The molecule has 0 unspecified atom stereocenters. The van der Waals surface area contributed by atoms with Crippen LogP contribution in [-0.4, -0.2) is 0 Å². The van der Waals surface area contributed by atoms with E-state index in [1.54, 1.807) is 0 Å². The Morgan fingerprint density at radius 3 is 2.30 bits per heavy atom. The molecule has 0 bridgehead atoms. The predicted octanol–water partition coefficient (Wildman–Crippen LogP) is 8.30. The molecule has 0 saturated heterocycles. The van der Waals surface area contributed by atoms with Gasteiger partial charge in [-0.15, -0.1) is 0 Å². The molecule has 0 heterocycles. The topological polar surface area (TPSA) is 21.3 Å². The molecule has 0 aliphatic carbocycles. The molecule has 0 saturated carbocycles. The Bertz CT molecular complexity index is 1180. The molecule has 4 aromatic carbocycles. The van der Waals surface area contributed by atoms with Gasteiger partial charge in [0.15, 0.2) is 5.75 Å². The zero-order valence-corrected chi connectivity index (χ0v) is 18.7. The number of ether oxygens (including phenoxy) is 1. The van der Waals surface area contributed by atoms with E-state index in [0.29, 0.717) is 28.9 Å². The van der Waals surface area contributed by atoms with Gasteiger partial charge in [0.05, 0.1) is 10.0 Å². The summed E-state index contributed by atoms with van der Waals surface area (Å²) in [5.41, 5.74) is 4.03. The Balaban J connectivity index is 1.49. The summed E-state index contributed by atoms with van der Waals surface area (Å²) in [6, 6.07) is 23.9. The van der Waals surface area contributed by atoms with Crippen molar-refractivity contribution in [3.8, 4) is 5.75 Å². The first kappa shape index (κ1) is 20.9. The van der Waals surface area contributed by atoms with E-state index in [9.17, 15) is 0 Å². The minimum absolute atomic E-state index is 0.389. The summed E-state index contributed by atoms with van der Waals surface area (Å²) < 4.78 is 6.01. The van der Waals surface area contributed by atoms with Crippen LogP contribution in [-0.2, 0) is 13.2 Å². The van der Waals surface area contributed by atoms with Crippen molar-refractivity contribution in [3.05, 3.63) is 105 Å². The summed E-state index contributed by atoms with van der Waals surface area (Å²) in [4.78, 5) is 0. The lowest BCUT2D eigenvalue weighted by Crippen LogP contribution is -2.03. The van der Waals surface area contributed by atoms with Gasteiger partial charge in [-0.1, -0.05) is 83.3 Å². The lowest BCUT2D eigenvalue weighted by molar-refractivity contribution is 0.308. The molecule has 0 atom stereocenters. The largest absolute Gasteiger partial charge is 0.486 e. The monoisotopic (exact) mass is 455 g/mol. The van der Waals surface area contributed by atoms with Crippen LogP contribution in [0.3, 0.4) is 0 Å². The van der Waals surface area contributed by atoms with Gasteiger partial charge in [0.1, 0.15) is 6.61 Å². The fraction of sp³-hybridized carbons (Fsp3) is 0.120. The lowest BCUT2D eigenvalue weighted by atomic mass is 10.1. The third kappa shape index (κ3) is 4.52. The average molecular weight is 457 g/mol. The molecule has 152 valence electrons. The molecule has 0 aliphatic rings. The van der Waals surface area contributed by atoms with Crippen molar-refractivity contribution in [1.82, 2.24) is 0 Å². The average Bonchev–Trinajstić information content (AvgIpc) is 2.74. The van der Waals surface area contributed by atoms with E-state index < -0.39 is 0 Å². The van der Waals surface area contributed by atoms with Gasteiger partial charge in [-0.3, -0.25) is 0 Å². The van der Waals surface area contributed by atoms with Crippen LogP contribution in [0.4, 0.5) is 5.69 Å². The van der Waals surface area contributed by atoms with E-state index in [2.05, 4.69) is 29.6 Å². The smallest absolute Gasteiger partial charge is 0.156 e. The Labute approximate surface area is 191 Å². The normalized spacial score (nSPS) is 10.9. The van der Waals surface area contributed by atoms with E-state index in [1.165, 1.54) is 5.39 Å². The third-order valence-electron chi connectivity index (χ3n) is 5.06. The molecule has 2 nitrogen and oxygen atoms in total. The highest BCUT2D eigenvalue weighted by atomic mass is 35.5. The Kier molecular flexibility index (Phi) is 6.38. The van der Waals surface area contributed by atoms with Gasteiger partial charge in [0.25, 0.3) is 0 Å². The summed E-state index contributed by atoms with van der Waals surface area (Å²) in [5.74, 6) is 0.494. The zero-order chi connectivity index (χ0) is 21.1. The van der Waals surface area contributed by atoms with Crippen LogP contribution < -0.4 is 10.1 Å². The molecule has 0 aromatic heterocycles. The fourth-order valence-corrected chi connectivity index (χ4v) is 4.23. The van der Waals surface area contributed by atoms with E-state index in [1.807, 2.05) is 55.5 Å². The molecule has 0 fully saturated rings. The van der Waals surface area contributed by atoms with Crippen LogP contribution in [0.25, 0.3) is 10.8 Å². The second kappa shape index (κ2) is 9.18. The van der Waals surface area contributed by atoms with Crippen molar-refractivity contribution in [1.29, 1.82) is 0 Å². The molecule has 30 heavy (non-hydrogen) atoms. The molecule has 4 rings (SSSR count). The first-order chi connectivity index (χ1) is 14.5. The van der Waals surface area contributed by atoms with E-state index >= 15 is 0 Å². The summed E-state index contributed by atoms with van der Waals surface area (Å²) in [5, 5.41) is 7.42. The van der Waals surface area contributed by atoms with Gasteiger partial charge in [0, 0.05) is 17.3 Å². The quantitative estimate of drug-likeness (QED) is 0.315. The van der Waals surface area contributed by atoms with Crippen LogP contribution >= 0.6 is 34.8 Å². The van der Waals surface area contributed by atoms with Crippen molar-refractivity contribution in [3.63, 3.8) is 0 Å². The fourth-order valence-electron chi connectivity index (χ4n) is 3.42. The van der Waals surface area contributed by atoms with Crippen LogP contribution in [0.2, 0.25) is 15.1 Å². The number of rotatable bonds is 6. The molecule has 1 N–H and O–H groups in total. The van der Waals surface area contributed by atoms with E-state index in [0.717, 1.165) is 32.8 Å². The third-order valence-corrected chi connectivity index (χ3v) is 6.03. The summed E-state index contributed by atoms with van der Waals surface area (Å²) >= 11 is 19.2.